The van der Waals surface area contributed by atoms with Crippen LogP contribution >= 0.6 is 0 Å². The Morgan fingerprint density at radius 1 is 1.19 bits per heavy atom. The molecular formula is C16H16N2O3. The highest BCUT2D eigenvalue weighted by atomic mass is 16.4. The van der Waals surface area contributed by atoms with Crippen molar-refractivity contribution in [3.63, 3.8) is 0 Å². The van der Waals surface area contributed by atoms with Gasteiger partial charge in [-0.3, -0.25) is 9.59 Å². The summed E-state index contributed by atoms with van der Waals surface area (Å²) in [5.41, 5.74) is 1.41. The molecule has 0 aliphatic heterocycles. The first-order valence-electron chi connectivity index (χ1n) is 6.91. The highest BCUT2D eigenvalue weighted by molar-refractivity contribution is 5.96. The number of aliphatic carboxylic acids is 1. The zero-order valence-electron chi connectivity index (χ0n) is 11.5. The zero-order chi connectivity index (χ0) is 14.8. The molecule has 21 heavy (non-hydrogen) atoms. The molecule has 0 saturated heterocycles. The summed E-state index contributed by atoms with van der Waals surface area (Å²) in [7, 11) is 0. The second-order valence-electron chi connectivity index (χ2n) is 5.20. The number of aromatic nitrogens is 1. The lowest BCUT2D eigenvalue weighted by atomic mass is 10.1. The summed E-state index contributed by atoms with van der Waals surface area (Å²) >= 11 is 0. The second-order valence-corrected chi connectivity index (χ2v) is 5.20. The van der Waals surface area contributed by atoms with Crippen molar-refractivity contribution in [2.75, 3.05) is 6.54 Å². The molecule has 0 radical (unpaired) electrons. The minimum atomic E-state index is -0.975. The van der Waals surface area contributed by atoms with Crippen LogP contribution in [0.15, 0.2) is 48.8 Å². The Morgan fingerprint density at radius 3 is 2.52 bits per heavy atom. The lowest BCUT2D eigenvalue weighted by molar-refractivity contribution is -0.137. The summed E-state index contributed by atoms with van der Waals surface area (Å²) in [6.07, 6.45) is 5.58. The van der Waals surface area contributed by atoms with Gasteiger partial charge in [0, 0.05) is 29.7 Å². The van der Waals surface area contributed by atoms with E-state index in [1.165, 1.54) is 4.90 Å². The Kier molecular flexibility index (Phi) is 3.48. The van der Waals surface area contributed by atoms with Crippen LogP contribution in [0.25, 0.3) is 5.69 Å². The SMILES string of the molecule is O=C(O)CN(C(=O)c1cccc(-n2cccc2)c1)C1CC1. The van der Waals surface area contributed by atoms with E-state index in [0.717, 1.165) is 18.5 Å². The normalized spacial score (nSPS) is 13.9. The highest BCUT2D eigenvalue weighted by Crippen LogP contribution is 2.28. The molecule has 1 aliphatic carbocycles. The number of benzene rings is 1. The van der Waals surface area contributed by atoms with Gasteiger partial charge in [0.25, 0.3) is 5.91 Å². The minimum Gasteiger partial charge on any atom is -0.480 e. The summed E-state index contributed by atoms with van der Waals surface area (Å²) in [5.74, 6) is -1.19. The van der Waals surface area contributed by atoms with Gasteiger partial charge in [-0.25, -0.2) is 0 Å². The third-order valence-corrected chi connectivity index (χ3v) is 3.55. The summed E-state index contributed by atoms with van der Waals surface area (Å²) in [4.78, 5) is 24.9. The molecular weight excluding hydrogens is 268 g/mol. The molecule has 2 aromatic rings. The second kappa shape index (κ2) is 5.44. The largest absolute Gasteiger partial charge is 0.480 e. The lowest BCUT2D eigenvalue weighted by Gasteiger charge is -2.20. The molecule has 1 aromatic heterocycles. The van der Waals surface area contributed by atoms with Crippen molar-refractivity contribution in [3.8, 4) is 5.69 Å². The van der Waals surface area contributed by atoms with Gasteiger partial charge in [0.2, 0.25) is 0 Å². The smallest absolute Gasteiger partial charge is 0.323 e. The topological polar surface area (TPSA) is 62.5 Å². The highest BCUT2D eigenvalue weighted by Gasteiger charge is 2.34. The Morgan fingerprint density at radius 2 is 1.90 bits per heavy atom. The number of hydrogen-bond acceptors (Lipinski definition) is 2. The first kappa shape index (κ1) is 13.4. The summed E-state index contributed by atoms with van der Waals surface area (Å²) in [5, 5.41) is 8.96. The average molecular weight is 284 g/mol. The molecule has 1 fully saturated rings. The van der Waals surface area contributed by atoms with Gasteiger partial charge in [0.15, 0.2) is 0 Å². The van der Waals surface area contributed by atoms with Crippen molar-refractivity contribution in [3.05, 3.63) is 54.4 Å². The van der Waals surface area contributed by atoms with Crippen LogP contribution in [0.4, 0.5) is 0 Å². The third-order valence-electron chi connectivity index (χ3n) is 3.55. The number of hydrogen-bond donors (Lipinski definition) is 1. The predicted molar refractivity (Wildman–Crippen MR) is 77.5 cm³/mol. The molecule has 5 nitrogen and oxygen atoms in total. The Bertz CT molecular complexity index is 660. The fraction of sp³-hybridized carbons (Fsp3) is 0.250. The van der Waals surface area contributed by atoms with Gasteiger partial charge >= 0.3 is 5.97 Å². The predicted octanol–water partition coefficient (Wildman–Crippen LogP) is 2.17. The van der Waals surface area contributed by atoms with E-state index >= 15 is 0 Å². The van der Waals surface area contributed by atoms with Crippen molar-refractivity contribution in [1.29, 1.82) is 0 Å². The van der Waals surface area contributed by atoms with Crippen LogP contribution in [0, 0.1) is 0 Å². The number of carbonyl (C=O) groups excluding carboxylic acids is 1. The van der Waals surface area contributed by atoms with Crippen molar-refractivity contribution >= 4 is 11.9 Å². The maximum absolute atomic E-state index is 12.5. The number of carboxylic acids is 1. The maximum atomic E-state index is 12.5. The molecule has 5 heteroatoms. The number of rotatable bonds is 5. The monoisotopic (exact) mass is 284 g/mol. The van der Waals surface area contributed by atoms with E-state index in [0.29, 0.717) is 5.56 Å². The van der Waals surface area contributed by atoms with Crippen LogP contribution in [0.1, 0.15) is 23.2 Å². The molecule has 1 heterocycles. The van der Waals surface area contributed by atoms with Crippen LogP contribution < -0.4 is 0 Å². The van der Waals surface area contributed by atoms with Crippen molar-refractivity contribution in [2.24, 2.45) is 0 Å². The standard InChI is InChI=1S/C16H16N2O3/c19-15(20)11-18(13-6-7-13)16(21)12-4-3-5-14(10-12)17-8-1-2-9-17/h1-5,8-10,13H,6-7,11H2,(H,19,20). The Hall–Kier alpha value is -2.56. The number of amides is 1. The van der Waals surface area contributed by atoms with E-state index in [4.69, 9.17) is 5.11 Å². The van der Waals surface area contributed by atoms with E-state index in [1.807, 2.05) is 41.2 Å². The van der Waals surface area contributed by atoms with E-state index in [9.17, 15) is 9.59 Å². The molecule has 0 unspecified atom stereocenters. The van der Waals surface area contributed by atoms with Gasteiger partial charge in [-0.2, -0.15) is 0 Å². The molecule has 1 aromatic carbocycles. The Balaban J connectivity index is 1.86. The molecule has 1 aliphatic rings. The molecule has 0 atom stereocenters. The van der Waals surface area contributed by atoms with Gasteiger partial charge in [-0.05, 0) is 43.2 Å². The van der Waals surface area contributed by atoms with Crippen LogP contribution in [0.2, 0.25) is 0 Å². The van der Waals surface area contributed by atoms with Crippen molar-refractivity contribution < 1.29 is 14.7 Å². The quantitative estimate of drug-likeness (QED) is 0.915. The average Bonchev–Trinajstić information content (AvgIpc) is 3.17. The number of carboxylic acid groups (broad SMARTS) is 1. The van der Waals surface area contributed by atoms with E-state index in [1.54, 1.807) is 12.1 Å². The molecule has 108 valence electrons. The van der Waals surface area contributed by atoms with E-state index in [-0.39, 0.29) is 18.5 Å². The van der Waals surface area contributed by atoms with Crippen LogP contribution in [-0.4, -0.2) is 39.0 Å². The lowest BCUT2D eigenvalue weighted by Crippen LogP contribution is -2.37. The van der Waals surface area contributed by atoms with Gasteiger partial charge in [-0.15, -0.1) is 0 Å². The van der Waals surface area contributed by atoms with Crippen LogP contribution in [0.5, 0.6) is 0 Å². The first-order valence-corrected chi connectivity index (χ1v) is 6.91. The molecule has 1 amide bonds. The number of nitrogens with zero attached hydrogens (tertiary/aromatic N) is 2. The minimum absolute atomic E-state index is 0.0730. The Labute approximate surface area is 122 Å². The molecule has 1 N–H and O–H groups in total. The van der Waals surface area contributed by atoms with E-state index < -0.39 is 5.97 Å². The molecule has 3 rings (SSSR count). The van der Waals surface area contributed by atoms with Crippen LogP contribution in [-0.2, 0) is 4.79 Å². The van der Waals surface area contributed by atoms with Crippen molar-refractivity contribution in [1.82, 2.24) is 9.47 Å². The fourth-order valence-corrected chi connectivity index (χ4v) is 2.37. The fourth-order valence-electron chi connectivity index (χ4n) is 2.37. The first-order chi connectivity index (χ1) is 10.1. The zero-order valence-corrected chi connectivity index (χ0v) is 11.5. The maximum Gasteiger partial charge on any atom is 0.323 e. The van der Waals surface area contributed by atoms with Gasteiger partial charge in [0.05, 0.1) is 0 Å². The van der Waals surface area contributed by atoms with Crippen molar-refractivity contribution in [2.45, 2.75) is 18.9 Å². The van der Waals surface area contributed by atoms with Gasteiger partial charge in [0.1, 0.15) is 6.54 Å². The molecule has 0 bridgehead atoms. The molecule has 0 spiro atoms. The summed E-state index contributed by atoms with van der Waals surface area (Å²) < 4.78 is 1.91. The van der Waals surface area contributed by atoms with Gasteiger partial charge < -0.3 is 14.6 Å². The van der Waals surface area contributed by atoms with Crippen LogP contribution in [0.3, 0.4) is 0 Å². The number of carbonyl (C=O) groups is 2. The third kappa shape index (κ3) is 2.97. The summed E-state index contributed by atoms with van der Waals surface area (Å²) in [6, 6.07) is 11.1. The van der Waals surface area contributed by atoms with Gasteiger partial charge in [-0.1, -0.05) is 6.07 Å². The summed E-state index contributed by atoms with van der Waals surface area (Å²) in [6.45, 7) is -0.239. The molecule has 1 saturated carbocycles. The van der Waals surface area contributed by atoms with E-state index in [2.05, 4.69) is 0 Å².